The molecule has 0 fully saturated rings. The molecule has 2 N–H and O–H groups in total. The van der Waals surface area contributed by atoms with Gasteiger partial charge in [-0.1, -0.05) is 34.8 Å². The van der Waals surface area contributed by atoms with Crippen molar-refractivity contribution in [3.8, 4) is 5.75 Å². The molecule has 0 aromatic heterocycles. The van der Waals surface area contributed by atoms with Crippen LogP contribution >= 0.6 is 34.8 Å². The minimum Gasteiger partial charge on any atom is -0.487 e. The zero-order valence-corrected chi connectivity index (χ0v) is 11.9. The molecule has 0 unspecified atom stereocenters. The Kier molecular flexibility index (Phi) is 4.40. The van der Waals surface area contributed by atoms with Gasteiger partial charge in [-0.15, -0.1) is 0 Å². The summed E-state index contributed by atoms with van der Waals surface area (Å²) in [6.07, 6.45) is 0. The van der Waals surface area contributed by atoms with Crippen LogP contribution in [0.4, 0.5) is 10.1 Å². The Morgan fingerprint density at radius 2 is 1.68 bits per heavy atom. The van der Waals surface area contributed by atoms with E-state index in [0.29, 0.717) is 32.1 Å². The second kappa shape index (κ2) is 5.87. The average molecular weight is 321 g/mol. The van der Waals surface area contributed by atoms with Crippen LogP contribution < -0.4 is 10.5 Å². The zero-order valence-electron chi connectivity index (χ0n) is 9.59. The molecule has 2 aromatic rings. The minimum absolute atomic E-state index is 0.0821. The maximum absolute atomic E-state index is 13.1. The number of halogens is 4. The number of nitrogens with two attached hydrogens (primary N) is 1. The summed E-state index contributed by atoms with van der Waals surface area (Å²) in [6, 6.07) is 7.04. The van der Waals surface area contributed by atoms with Gasteiger partial charge < -0.3 is 10.5 Å². The summed E-state index contributed by atoms with van der Waals surface area (Å²) in [5.41, 5.74) is 6.62. The lowest BCUT2D eigenvalue weighted by atomic mass is 10.2. The SMILES string of the molecule is Nc1cc(Cl)c(Cl)cc1OCc1cc(F)ccc1Cl. The Morgan fingerprint density at radius 1 is 1.00 bits per heavy atom. The number of rotatable bonds is 3. The number of hydrogen-bond acceptors (Lipinski definition) is 2. The predicted molar refractivity (Wildman–Crippen MR) is 76.6 cm³/mol. The van der Waals surface area contributed by atoms with E-state index in [1.807, 2.05) is 0 Å². The van der Waals surface area contributed by atoms with Crippen molar-refractivity contribution in [1.82, 2.24) is 0 Å². The van der Waals surface area contributed by atoms with E-state index in [1.165, 1.54) is 30.3 Å². The lowest BCUT2D eigenvalue weighted by Gasteiger charge is -2.11. The minimum atomic E-state index is -0.384. The monoisotopic (exact) mass is 319 g/mol. The first kappa shape index (κ1) is 14.3. The molecule has 0 saturated carbocycles. The van der Waals surface area contributed by atoms with E-state index in [-0.39, 0.29) is 12.4 Å². The van der Waals surface area contributed by atoms with E-state index >= 15 is 0 Å². The zero-order chi connectivity index (χ0) is 14.0. The van der Waals surface area contributed by atoms with Gasteiger partial charge in [0.2, 0.25) is 0 Å². The first-order valence-electron chi connectivity index (χ1n) is 5.28. The van der Waals surface area contributed by atoms with Crippen LogP contribution in [0, 0.1) is 5.82 Å². The van der Waals surface area contributed by atoms with Crippen molar-refractivity contribution in [2.24, 2.45) is 0 Å². The lowest BCUT2D eigenvalue weighted by Crippen LogP contribution is -2.00. The molecule has 19 heavy (non-hydrogen) atoms. The Balaban J connectivity index is 2.19. The third kappa shape index (κ3) is 3.44. The van der Waals surface area contributed by atoms with Crippen LogP contribution in [0.15, 0.2) is 30.3 Å². The second-order valence-corrected chi connectivity index (χ2v) is 5.05. The molecule has 2 nitrogen and oxygen atoms in total. The molecule has 0 bridgehead atoms. The molecular formula is C13H9Cl3FNO. The predicted octanol–water partition coefficient (Wildman–Crippen LogP) is 4.95. The van der Waals surface area contributed by atoms with Crippen LogP contribution in [0.5, 0.6) is 5.75 Å². The standard InChI is InChI=1S/C13H9Cl3FNO/c14-9-2-1-8(17)3-7(9)6-19-13-5-11(16)10(15)4-12(13)18/h1-5H,6,18H2. The van der Waals surface area contributed by atoms with E-state index in [9.17, 15) is 4.39 Å². The van der Waals surface area contributed by atoms with E-state index < -0.39 is 0 Å². The summed E-state index contributed by atoms with van der Waals surface area (Å²) >= 11 is 17.6. The van der Waals surface area contributed by atoms with E-state index in [1.54, 1.807) is 0 Å². The van der Waals surface area contributed by atoms with Crippen LogP contribution in [0.25, 0.3) is 0 Å². The van der Waals surface area contributed by atoms with Gasteiger partial charge in [-0.3, -0.25) is 0 Å². The number of nitrogen functional groups attached to an aromatic ring is 1. The molecule has 0 saturated heterocycles. The quantitative estimate of drug-likeness (QED) is 0.812. The van der Waals surface area contributed by atoms with Gasteiger partial charge in [0.05, 0.1) is 15.7 Å². The Bertz CT molecular complexity index is 619. The highest BCUT2D eigenvalue weighted by atomic mass is 35.5. The molecular weight excluding hydrogens is 312 g/mol. The number of benzene rings is 2. The topological polar surface area (TPSA) is 35.2 Å². The maximum atomic E-state index is 13.1. The van der Waals surface area contributed by atoms with Gasteiger partial charge >= 0.3 is 0 Å². The highest BCUT2D eigenvalue weighted by molar-refractivity contribution is 6.42. The van der Waals surface area contributed by atoms with Crippen LogP contribution in [0.3, 0.4) is 0 Å². The molecule has 0 amide bonds. The van der Waals surface area contributed by atoms with Gasteiger partial charge in [0.25, 0.3) is 0 Å². The summed E-state index contributed by atoms with van der Waals surface area (Å²) in [4.78, 5) is 0. The fraction of sp³-hybridized carbons (Fsp3) is 0.0769. The maximum Gasteiger partial charge on any atom is 0.144 e. The molecule has 0 spiro atoms. The third-order valence-corrected chi connectivity index (χ3v) is 3.53. The van der Waals surface area contributed by atoms with Crippen molar-refractivity contribution >= 4 is 40.5 Å². The third-order valence-electron chi connectivity index (χ3n) is 2.44. The van der Waals surface area contributed by atoms with Gasteiger partial charge in [-0.05, 0) is 24.3 Å². The Labute approximate surface area is 124 Å². The molecule has 0 aliphatic heterocycles. The molecule has 6 heteroatoms. The second-order valence-electron chi connectivity index (χ2n) is 3.83. The summed E-state index contributed by atoms with van der Waals surface area (Å²) in [7, 11) is 0. The van der Waals surface area contributed by atoms with Gasteiger partial charge in [-0.25, -0.2) is 4.39 Å². The molecule has 0 aliphatic carbocycles. The van der Waals surface area contributed by atoms with Crippen molar-refractivity contribution in [2.75, 3.05) is 5.73 Å². The molecule has 2 aromatic carbocycles. The van der Waals surface area contributed by atoms with Crippen molar-refractivity contribution < 1.29 is 9.13 Å². The number of anilines is 1. The van der Waals surface area contributed by atoms with E-state index in [4.69, 9.17) is 45.3 Å². The Morgan fingerprint density at radius 3 is 2.42 bits per heavy atom. The van der Waals surface area contributed by atoms with Crippen molar-refractivity contribution in [3.05, 3.63) is 56.8 Å². The first-order valence-corrected chi connectivity index (χ1v) is 6.42. The fourth-order valence-corrected chi connectivity index (χ4v) is 1.98. The van der Waals surface area contributed by atoms with Crippen molar-refractivity contribution in [3.63, 3.8) is 0 Å². The summed E-state index contributed by atoms with van der Waals surface area (Å²) in [6.45, 7) is 0.0821. The summed E-state index contributed by atoms with van der Waals surface area (Å²) in [5, 5.41) is 1.09. The number of hydrogen-bond donors (Lipinski definition) is 1. The molecule has 0 heterocycles. The largest absolute Gasteiger partial charge is 0.487 e. The van der Waals surface area contributed by atoms with Crippen LogP contribution in [-0.2, 0) is 6.61 Å². The summed E-state index contributed by atoms with van der Waals surface area (Å²) < 4.78 is 18.6. The van der Waals surface area contributed by atoms with Gasteiger partial charge in [0.15, 0.2) is 0 Å². The average Bonchev–Trinajstić information content (AvgIpc) is 2.36. The van der Waals surface area contributed by atoms with Gasteiger partial charge in [-0.2, -0.15) is 0 Å². The summed E-state index contributed by atoms with van der Waals surface area (Å²) in [5.74, 6) is -0.0140. The lowest BCUT2D eigenvalue weighted by molar-refractivity contribution is 0.307. The van der Waals surface area contributed by atoms with E-state index in [0.717, 1.165) is 0 Å². The normalized spacial score (nSPS) is 10.5. The van der Waals surface area contributed by atoms with Crippen LogP contribution in [-0.4, -0.2) is 0 Å². The first-order chi connectivity index (χ1) is 8.97. The number of ether oxygens (including phenoxy) is 1. The van der Waals surface area contributed by atoms with Gasteiger partial charge in [0.1, 0.15) is 18.2 Å². The van der Waals surface area contributed by atoms with Crippen LogP contribution in [0.2, 0.25) is 15.1 Å². The van der Waals surface area contributed by atoms with Crippen LogP contribution in [0.1, 0.15) is 5.56 Å². The Hall–Kier alpha value is -1.16. The van der Waals surface area contributed by atoms with Gasteiger partial charge in [0, 0.05) is 16.7 Å². The molecule has 0 atom stereocenters. The molecule has 2 rings (SSSR count). The fourth-order valence-electron chi connectivity index (χ4n) is 1.48. The molecule has 0 radical (unpaired) electrons. The highest BCUT2D eigenvalue weighted by Crippen LogP contribution is 2.33. The van der Waals surface area contributed by atoms with Crippen molar-refractivity contribution in [1.29, 1.82) is 0 Å². The highest BCUT2D eigenvalue weighted by Gasteiger charge is 2.08. The van der Waals surface area contributed by atoms with E-state index in [2.05, 4.69) is 0 Å². The molecule has 0 aliphatic rings. The van der Waals surface area contributed by atoms with Crippen molar-refractivity contribution in [2.45, 2.75) is 6.61 Å². The molecule has 100 valence electrons. The smallest absolute Gasteiger partial charge is 0.144 e.